The molecule has 0 aliphatic heterocycles. The maximum Gasteiger partial charge on any atom is 0.294 e. The Morgan fingerprint density at radius 3 is 2.33 bits per heavy atom. The van der Waals surface area contributed by atoms with Crippen molar-refractivity contribution in [2.75, 3.05) is 7.05 Å². The van der Waals surface area contributed by atoms with Gasteiger partial charge in [0.15, 0.2) is 0 Å². The van der Waals surface area contributed by atoms with Gasteiger partial charge in [-0.25, -0.2) is 0 Å². The van der Waals surface area contributed by atoms with E-state index in [2.05, 4.69) is 5.23 Å². The largest absolute Gasteiger partial charge is 0.356 e. The third-order valence-corrected chi connectivity index (χ3v) is 0.348. The van der Waals surface area contributed by atoms with E-state index in [0.29, 0.717) is 0 Å². The van der Waals surface area contributed by atoms with Crippen molar-refractivity contribution in [3.63, 3.8) is 0 Å². The summed E-state index contributed by atoms with van der Waals surface area (Å²) in [5.74, 6) is 0. The average molecular weight is 83.9 g/mol. The second kappa shape index (κ2) is 2.91. The summed E-state index contributed by atoms with van der Waals surface area (Å²) in [6, 6.07) is 0. The summed E-state index contributed by atoms with van der Waals surface area (Å²) in [6.45, 7) is 1.50. The van der Waals surface area contributed by atoms with Gasteiger partial charge in [-0.05, 0) is 14.0 Å². The molecular formula is C3H7BNO. The van der Waals surface area contributed by atoms with Gasteiger partial charge in [-0.2, -0.15) is 0 Å². The van der Waals surface area contributed by atoms with Crippen LogP contribution in [0.5, 0.6) is 0 Å². The highest BCUT2D eigenvalue weighted by Crippen LogP contribution is 1.52. The number of carbonyl (C=O) groups is 1. The van der Waals surface area contributed by atoms with E-state index in [0.717, 1.165) is 0 Å². The lowest BCUT2D eigenvalue weighted by Gasteiger charge is -1.81. The van der Waals surface area contributed by atoms with Crippen molar-refractivity contribution in [3.05, 3.63) is 0 Å². The molecule has 33 valence electrons. The number of nitrogens with one attached hydrogen (secondary N) is 1. The van der Waals surface area contributed by atoms with Crippen molar-refractivity contribution in [2.45, 2.75) is 6.92 Å². The number of hydrogen-bond acceptors (Lipinski definition) is 2. The lowest BCUT2D eigenvalue weighted by molar-refractivity contribution is -0.110. The van der Waals surface area contributed by atoms with Crippen LogP contribution in [0.25, 0.3) is 0 Å². The maximum absolute atomic E-state index is 9.93. The summed E-state index contributed by atoms with van der Waals surface area (Å²) >= 11 is 0. The molecule has 0 amide bonds. The van der Waals surface area contributed by atoms with Crippen LogP contribution < -0.4 is 5.23 Å². The fraction of sp³-hybridized carbons (Fsp3) is 0.667. The van der Waals surface area contributed by atoms with Crippen molar-refractivity contribution >= 4 is 13.1 Å². The van der Waals surface area contributed by atoms with E-state index in [1.54, 1.807) is 7.05 Å². The average Bonchev–Trinajstić information content (AvgIpc) is 1.35. The number of carbonyl (C=O) groups excluding carboxylic acids is 1. The van der Waals surface area contributed by atoms with Gasteiger partial charge in [0, 0.05) is 0 Å². The number of hydrogen-bond donors (Lipinski definition) is 1. The van der Waals surface area contributed by atoms with Crippen LogP contribution in [0, 0.1) is 0 Å². The molecule has 1 N–H and O–H groups in total. The van der Waals surface area contributed by atoms with Gasteiger partial charge in [-0.1, -0.05) is 0 Å². The van der Waals surface area contributed by atoms with Crippen LogP contribution in [0.1, 0.15) is 6.92 Å². The molecule has 6 heavy (non-hydrogen) atoms. The summed E-state index contributed by atoms with van der Waals surface area (Å²) in [6.07, 6.45) is 0. The van der Waals surface area contributed by atoms with Crippen molar-refractivity contribution in [1.29, 1.82) is 0 Å². The molecule has 0 aromatic carbocycles. The minimum atomic E-state index is 0.0532. The van der Waals surface area contributed by atoms with Gasteiger partial charge in [0.2, 0.25) is 0 Å². The third kappa shape index (κ3) is 3.69. The molecule has 0 heterocycles. The highest BCUT2D eigenvalue weighted by molar-refractivity contribution is 6.71. The first-order valence-corrected chi connectivity index (χ1v) is 1.78. The van der Waals surface area contributed by atoms with E-state index < -0.39 is 0 Å². The van der Waals surface area contributed by atoms with Crippen LogP contribution in [0.15, 0.2) is 0 Å². The van der Waals surface area contributed by atoms with Gasteiger partial charge in [0.1, 0.15) is 5.68 Å². The Morgan fingerprint density at radius 2 is 2.33 bits per heavy atom. The summed E-state index contributed by atoms with van der Waals surface area (Å²) in [4.78, 5) is 9.93. The highest BCUT2D eigenvalue weighted by Gasteiger charge is 1.87. The molecule has 3 heteroatoms. The van der Waals surface area contributed by atoms with Crippen LogP contribution >= 0.6 is 0 Å². The molecule has 0 rings (SSSR count). The predicted octanol–water partition coefficient (Wildman–Crippen LogP) is -0.629. The van der Waals surface area contributed by atoms with Crippen molar-refractivity contribution < 1.29 is 4.79 Å². The van der Waals surface area contributed by atoms with Crippen molar-refractivity contribution in [1.82, 2.24) is 5.23 Å². The Kier molecular flexibility index (Phi) is 2.76. The first kappa shape index (κ1) is 5.69. The van der Waals surface area contributed by atoms with E-state index in [9.17, 15) is 4.79 Å². The molecule has 0 spiro atoms. The second-order valence-electron chi connectivity index (χ2n) is 1.04. The number of rotatable bonds is 2. The lowest BCUT2D eigenvalue weighted by atomic mass is 9.90. The lowest BCUT2D eigenvalue weighted by Crippen LogP contribution is -2.20. The Balaban J connectivity index is 2.83. The van der Waals surface area contributed by atoms with Crippen LogP contribution in [0.2, 0.25) is 0 Å². The topological polar surface area (TPSA) is 29.1 Å². The smallest absolute Gasteiger partial charge is 0.294 e. The van der Waals surface area contributed by atoms with E-state index in [1.165, 1.54) is 14.3 Å². The first-order chi connectivity index (χ1) is 2.77. The summed E-state index contributed by atoms with van der Waals surface area (Å²) in [7, 11) is 3.10. The molecule has 0 unspecified atom stereocenters. The molecule has 0 aliphatic carbocycles. The van der Waals surface area contributed by atoms with Crippen LogP contribution in [-0.2, 0) is 4.79 Å². The molecule has 0 saturated carbocycles. The van der Waals surface area contributed by atoms with Gasteiger partial charge in [0.25, 0.3) is 7.41 Å². The van der Waals surface area contributed by atoms with Crippen LogP contribution in [0.4, 0.5) is 0 Å². The Hall–Kier alpha value is -0.305. The quantitative estimate of drug-likeness (QED) is 0.451. The Bertz CT molecular complexity index is 54.8. The van der Waals surface area contributed by atoms with Crippen molar-refractivity contribution in [3.8, 4) is 0 Å². The minimum absolute atomic E-state index is 0.0532. The SMILES string of the molecule is CN[B]C(C)=O. The summed E-state index contributed by atoms with van der Waals surface area (Å²) in [5, 5.41) is 2.59. The molecule has 0 aromatic heterocycles. The van der Waals surface area contributed by atoms with Gasteiger partial charge in [0.05, 0.1) is 0 Å². The Labute approximate surface area is 38.2 Å². The van der Waals surface area contributed by atoms with E-state index in [-0.39, 0.29) is 5.68 Å². The molecule has 2 nitrogen and oxygen atoms in total. The van der Waals surface area contributed by atoms with Crippen molar-refractivity contribution in [2.24, 2.45) is 0 Å². The summed E-state index contributed by atoms with van der Waals surface area (Å²) < 4.78 is 0. The van der Waals surface area contributed by atoms with Gasteiger partial charge in [-0.15, -0.1) is 0 Å². The van der Waals surface area contributed by atoms with E-state index in [1.807, 2.05) is 0 Å². The second-order valence-corrected chi connectivity index (χ2v) is 1.04. The van der Waals surface area contributed by atoms with E-state index in [4.69, 9.17) is 0 Å². The molecule has 0 atom stereocenters. The van der Waals surface area contributed by atoms with Gasteiger partial charge < -0.3 is 10.0 Å². The molecule has 0 aromatic rings. The van der Waals surface area contributed by atoms with Crippen LogP contribution in [0.3, 0.4) is 0 Å². The zero-order chi connectivity index (χ0) is 4.99. The maximum atomic E-state index is 9.93. The normalized spacial score (nSPS) is 7.67. The zero-order valence-corrected chi connectivity index (χ0v) is 3.99. The monoisotopic (exact) mass is 84.1 g/mol. The molecule has 0 saturated heterocycles. The third-order valence-electron chi connectivity index (χ3n) is 0.348. The molecule has 0 fully saturated rings. The molecule has 0 aliphatic rings. The molecule has 0 bridgehead atoms. The fourth-order valence-electron chi connectivity index (χ4n) is 0.203. The molecule has 1 radical (unpaired) electrons. The highest BCUT2D eigenvalue weighted by atomic mass is 16.1. The van der Waals surface area contributed by atoms with Gasteiger partial charge in [-0.3, -0.25) is 0 Å². The fourth-order valence-corrected chi connectivity index (χ4v) is 0.203. The molecular weight excluding hydrogens is 76.9 g/mol. The van der Waals surface area contributed by atoms with Gasteiger partial charge >= 0.3 is 0 Å². The van der Waals surface area contributed by atoms with Crippen LogP contribution in [-0.4, -0.2) is 20.1 Å². The standard InChI is InChI=1S/C3H7BNO/c1-3(6)4-5-2/h5H,1-2H3. The first-order valence-electron chi connectivity index (χ1n) is 1.78. The Morgan fingerprint density at radius 1 is 1.83 bits per heavy atom. The van der Waals surface area contributed by atoms with E-state index >= 15 is 0 Å². The summed E-state index contributed by atoms with van der Waals surface area (Å²) in [5.41, 5.74) is 0.0532. The predicted molar refractivity (Wildman–Crippen MR) is 25.5 cm³/mol. The zero-order valence-electron chi connectivity index (χ0n) is 3.99. The minimum Gasteiger partial charge on any atom is -0.356 e.